The van der Waals surface area contributed by atoms with E-state index < -0.39 is 0 Å². The maximum Gasteiger partial charge on any atom is 0.268 e. The van der Waals surface area contributed by atoms with Crippen molar-refractivity contribution in [2.75, 3.05) is 14.2 Å². The van der Waals surface area contributed by atoms with E-state index in [0.29, 0.717) is 30.3 Å². The number of methoxy groups -OCH3 is 2. The van der Waals surface area contributed by atoms with Crippen LogP contribution in [0.3, 0.4) is 0 Å². The average molecular weight is 378 g/mol. The Labute approximate surface area is 162 Å². The van der Waals surface area contributed by atoms with Gasteiger partial charge in [-0.2, -0.15) is 0 Å². The van der Waals surface area contributed by atoms with Crippen LogP contribution in [-0.2, 0) is 13.1 Å². The van der Waals surface area contributed by atoms with Crippen molar-refractivity contribution in [3.8, 4) is 11.5 Å². The van der Waals surface area contributed by atoms with Gasteiger partial charge in [-0.25, -0.2) is 0 Å². The number of benzene rings is 2. The number of aromatic nitrogens is 1. The summed E-state index contributed by atoms with van der Waals surface area (Å²) in [5, 5.41) is 3.99. The number of fused-ring (bicyclic) bond motifs is 3. The third-order valence-electron chi connectivity index (χ3n) is 4.87. The molecule has 1 N–H and O–H groups in total. The second-order valence-corrected chi connectivity index (χ2v) is 6.46. The first-order valence-corrected chi connectivity index (χ1v) is 9.16. The lowest BCUT2D eigenvalue weighted by Crippen LogP contribution is -2.25. The molecule has 0 atom stereocenters. The predicted octanol–water partition coefficient (Wildman–Crippen LogP) is 4.35. The zero-order chi connectivity index (χ0) is 19.7. The lowest BCUT2D eigenvalue weighted by molar-refractivity contribution is 0.0942. The van der Waals surface area contributed by atoms with E-state index in [9.17, 15) is 4.79 Å². The number of hydrogen-bond acceptors (Lipinski definition) is 4. The maximum absolute atomic E-state index is 12.8. The number of rotatable bonds is 6. The molecule has 0 aliphatic heterocycles. The highest BCUT2D eigenvalue weighted by molar-refractivity contribution is 6.07. The predicted molar refractivity (Wildman–Crippen MR) is 108 cm³/mol. The van der Waals surface area contributed by atoms with Crippen LogP contribution in [0.5, 0.6) is 11.5 Å². The van der Waals surface area contributed by atoms with Gasteiger partial charge in [0, 0.05) is 24.5 Å². The molecule has 0 fully saturated rings. The van der Waals surface area contributed by atoms with Crippen molar-refractivity contribution in [2.45, 2.75) is 20.0 Å². The lowest BCUT2D eigenvalue weighted by Gasteiger charge is -2.11. The molecule has 4 aromatic rings. The number of carbonyl (C=O) groups is 1. The third-order valence-corrected chi connectivity index (χ3v) is 4.87. The van der Waals surface area contributed by atoms with Crippen LogP contribution in [0.2, 0.25) is 0 Å². The van der Waals surface area contributed by atoms with E-state index in [0.717, 1.165) is 27.6 Å². The first kappa shape index (κ1) is 18.0. The van der Waals surface area contributed by atoms with Crippen molar-refractivity contribution in [1.82, 2.24) is 9.88 Å². The van der Waals surface area contributed by atoms with Crippen LogP contribution in [0.15, 0.2) is 52.9 Å². The zero-order valence-electron chi connectivity index (χ0n) is 16.1. The molecule has 4 rings (SSSR count). The number of ether oxygens (including phenoxy) is 2. The number of furan rings is 1. The number of aryl methyl sites for hydroxylation is 1. The van der Waals surface area contributed by atoms with Gasteiger partial charge >= 0.3 is 0 Å². The smallest absolute Gasteiger partial charge is 0.268 e. The van der Waals surface area contributed by atoms with E-state index in [1.807, 2.05) is 60.0 Å². The molecule has 2 aromatic heterocycles. The molecule has 0 aliphatic rings. The molecule has 1 amide bonds. The van der Waals surface area contributed by atoms with Gasteiger partial charge in [-0.3, -0.25) is 4.79 Å². The minimum atomic E-state index is -0.146. The van der Waals surface area contributed by atoms with Crippen molar-refractivity contribution in [3.05, 3.63) is 59.8 Å². The van der Waals surface area contributed by atoms with E-state index in [-0.39, 0.29) is 5.91 Å². The Bertz CT molecular complexity index is 1160. The maximum atomic E-state index is 12.8. The molecule has 2 aromatic carbocycles. The van der Waals surface area contributed by atoms with Crippen LogP contribution >= 0.6 is 0 Å². The van der Waals surface area contributed by atoms with Crippen LogP contribution in [-0.4, -0.2) is 24.7 Å². The molecule has 0 saturated heterocycles. The highest BCUT2D eigenvalue weighted by Gasteiger charge is 2.19. The van der Waals surface area contributed by atoms with E-state index in [2.05, 4.69) is 5.32 Å². The summed E-state index contributed by atoms with van der Waals surface area (Å²) in [7, 11) is 3.19. The lowest BCUT2D eigenvalue weighted by atomic mass is 10.2. The molecule has 0 saturated carbocycles. The molecule has 144 valence electrons. The monoisotopic (exact) mass is 378 g/mol. The minimum Gasteiger partial charge on any atom is -0.493 e. The Morgan fingerprint density at radius 1 is 1.04 bits per heavy atom. The number of para-hydroxylation sites is 1. The molecule has 0 spiro atoms. The zero-order valence-corrected chi connectivity index (χ0v) is 16.1. The Hall–Kier alpha value is -3.41. The quantitative estimate of drug-likeness (QED) is 0.542. The molecular formula is C22H22N2O4. The van der Waals surface area contributed by atoms with Gasteiger partial charge in [0.25, 0.3) is 5.91 Å². The second kappa shape index (κ2) is 7.31. The summed E-state index contributed by atoms with van der Waals surface area (Å²) in [6.45, 7) is 3.08. The van der Waals surface area contributed by atoms with E-state index in [1.165, 1.54) is 0 Å². The Morgan fingerprint density at radius 2 is 1.82 bits per heavy atom. The SMILES string of the molecule is CCn1c(C(=O)NCc2ccc(OC)c(OC)c2)cc2oc3ccccc3c21. The molecule has 6 nitrogen and oxygen atoms in total. The summed E-state index contributed by atoms with van der Waals surface area (Å²) in [6, 6.07) is 15.3. The number of nitrogens with zero attached hydrogens (tertiary/aromatic N) is 1. The third kappa shape index (κ3) is 2.97. The summed E-state index contributed by atoms with van der Waals surface area (Å²) in [5.74, 6) is 1.15. The fourth-order valence-corrected chi connectivity index (χ4v) is 3.53. The van der Waals surface area contributed by atoms with Crippen molar-refractivity contribution < 1.29 is 18.7 Å². The molecule has 0 bridgehead atoms. The summed E-state index contributed by atoms with van der Waals surface area (Å²) >= 11 is 0. The summed E-state index contributed by atoms with van der Waals surface area (Å²) in [6.07, 6.45) is 0. The molecule has 0 unspecified atom stereocenters. The van der Waals surface area contributed by atoms with Crippen LogP contribution in [0.1, 0.15) is 23.0 Å². The fourth-order valence-electron chi connectivity index (χ4n) is 3.53. The molecule has 0 radical (unpaired) electrons. The number of hydrogen-bond donors (Lipinski definition) is 1. The number of nitrogens with one attached hydrogen (secondary N) is 1. The molecular weight excluding hydrogens is 356 g/mol. The largest absolute Gasteiger partial charge is 0.493 e. The highest BCUT2D eigenvalue weighted by atomic mass is 16.5. The first-order chi connectivity index (χ1) is 13.7. The standard InChI is InChI=1S/C22H22N2O4/c1-4-24-16(12-20-21(24)15-7-5-6-8-17(15)28-20)22(25)23-13-14-9-10-18(26-2)19(11-14)27-3/h5-12H,4,13H2,1-3H3,(H,23,25). The van der Waals surface area contributed by atoms with Crippen LogP contribution < -0.4 is 14.8 Å². The molecule has 6 heteroatoms. The van der Waals surface area contributed by atoms with Crippen molar-refractivity contribution >= 4 is 28.0 Å². The fraction of sp³-hybridized carbons (Fsp3) is 0.227. The van der Waals surface area contributed by atoms with Crippen molar-refractivity contribution in [3.63, 3.8) is 0 Å². The molecule has 0 aliphatic carbocycles. The van der Waals surface area contributed by atoms with Crippen LogP contribution in [0, 0.1) is 0 Å². The molecule has 28 heavy (non-hydrogen) atoms. The Kier molecular flexibility index (Phi) is 4.69. The normalized spacial score (nSPS) is 11.1. The van der Waals surface area contributed by atoms with Gasteiger partial charge in [0.1, 0.15) is 11.3 Å². The van der Waals surface area contributed by atoms with Crippen molar-refractivity contribution in [2.24, 2.45) is 0 Å². The average Bonchev–Trinajstić information content (AvgIpc) is 3.27. The number of carbonyl (C=O) groups excluding carboxylic acids is 1. The van der Waals surface area contributed by atoms with Crippen LogP contribution in [0.4, 0.5) is 0 Å². The van der Waals surface area contributed by atoms with E-state index >= 15 is 0 Å². The summed E-state index contributed by atoms with van der Waals surface area (Å²) in [4.78, 5) is 12.8. The van der Waals surface area contributed by atoms with Crippen molar-refractivity contribution in [1.29, 1.82) is 0 Å². The highest BCUT2D eigenvalue weighted by Crippen LogP contribution is 2.31. The first-order valence-electron chi connectivity index (χ1n) is 9.16. The van der Waals surface area contributed by atoms with Gasteiger partial charge in [-0.05, 0) is 36.8 Å². The summed E-state index contributed by atoms with van der Waals surface area (Å²) < 4.78 is 18.5. The molecule has 2 heterocycles. The van der Waals surface area contributed by atoms with Gasteiger partial charge in [0.15, 0.2) is 17.1 Å². The van der Waals surface area contributed by atoms with E-state index in [4.69, 9.17) is 13.9 Å². The van der Waals surface area contributed by atoms with E-state index in [1.54, 1.807) is 14.2 Å². The minimum absolute atomic E-state index is 0.146. The van der Waals surface area contributed by atoms with Gasteiger partial charge in [0.05, 0.1) is 19.7 Å². The Balaban J connectivity index is 1.61. The Morgan fingerprint density at radius 3 is 2.57 bits per heavy atom. The van der Waals surface area contributed by atoms with Gasteiger partial charge in [-0.15, -0.1) is 0 Å². The van der Waals surface area contributed by atoms with Gasteiger partial charge in [0.2, 0.25) is 0 Å². The topological polar surface area (TPSA) is 65.6 Å². The van der Waals surface area contributed by atoms with Crippen LogP contribution in [0.25, 0.3) is 22.1 Å². The summed E-state index contributed by atoms with van der Waals surface area (Å²) in [5.41, 5.74) is 4.01. The van der Waals surface area contributed by atoms with Gasteiger partial charge in [-0.1, -0.05) is 18.2 Å². The van der Waals surface area contributed by atoms with Gasteiger partial charge < -0.3 is 23.8 Å². The number of amides is 1. The second-order valence-electron chi connectivity index (χ2n) is 6.46.